The average Bonchev–Trinajstić information content (AvgIpc) is 2.50. The lowest BCUT2D eigenvalue weighted by atomic mass is 9.84. The Morgan fingerprint density at radius 3 is 2.54 bits per heavy atom. The molecular formula is C18H25F3N2O. The van der Waals surface area contributed by atoms with E-state index in [0.29, 0.717) is 24.9 Å². The molecule has 134 valence electrons. The highest BCUT2D eigenvalue weighted by Crippen LogP contribution is 2.33. The first kappa shape index (κ1) is 18.8. The predicted molar refractivity (Wildman–Crippen MR) is 87.2 cm³/mol. The number of nitrogens with zero attached hydrogens (tertiary/aromatic N) is 1. The number of halogens is 3. The molecule has 0 fully saturated rings. The van der Waals surface area contributed by atoms with Crippen LogP contribution in [0.4, 0.5) is 13.2 Å². The average molecular weight is 342 g/mol. The minimum atomic E-state index is -4.36. The van der Waals surface area contributed by atoms with Gasteiger partial charge < -0.3 is 10.6 Å². The zero-order chi connectivity index (χ0) is 18.1. The maximum Gasteiger partial charge on any atom is 0.416 e. The lowest BCUT2D eigenvalue weighted by Crippen LogP contribution is -2.44. The van der Waals surface area contributed by atoms with Crippen molar-refractivity contribution in [2.45, 2.75) is 58.8 Å². The van der Waals surface area contributed by atoms with E-state index in [9.17, 15) is 18.0 Å². The molecule has 1 aliphatic rings. The molecule has 1 aromatic carbocycles. The molecule has 0 saturated carbocycles. The zero-order valence-corrected chi connectivity index (χ0v) is 14.4. The lowest BCUT2D eigenvalue weighted by molar-refractivity contribution is -0.141. The topological polar surface area (TPSA) is 46.3 Å². The van der Waals surface area contributed by atoms with Crippen LogP contribution in [-0.2, 0) is 23.9 Å². The number of hydrogen-bond donors (Lipinski definition) is 1. The highest BCUT2D eigenvalue weighted by Gasteiger charge is 2.35. The Hall–Kier alpha value is -1.56. The molecule has 6 heteroatoms. The number of rotatable bonds is 4. The summed E-state index contributed by atoms with van der Waals surface area (Å²) < 4.78 is 38.7. The Bertz CT molecular complexity index is 609. The predicted octanol–water partition coefficient (Wildman–Crippen LogP) is 3.74. The maximum atomic E-state index is 12.9. The minimum absolute atomic E-state index is 0.0218. The third-order valence-corrected chi connectivity index (χ3v) is 4.64. The van der Waals surface area contributed by atoms with Crippen LogP contribution in [0.3, 0.4) is 0 Å². The summed E-state index contributed by atoms with van der Waals surface area (Å²) in [4.78, 5) is 14.5. The van der Waals surface area contributed by atoms with Crippen LogP contribution < -0.4 is 5.73 Å². The molecule has 0 saturated heterocycles. The summed E-state index contributed by atoms with van der Waals surface area (Å²) in [6.45, 7) is 6.42. The molecule has 1 unspecified atom stereocenters. The Kier molecular flexibility index (Phi) is 5.28. The van der Waals surface area contributed by atoms with Crippen LogP contribution >= 0.6 is 0 Å². The van der Waals surface area contributed by atoms with Gasteiger partial charge in [-0.05, 0) is 49.4 Å². The standard InChI is InChI=1S/C18H25F3N2O/c1-12(22)6-8-17(2,3)16(24)23-9-7-13-4-5-15(18(19,20)21)10-14(13)11-23/h4-5,10,12H,6-9,11,22H2,1-3H3. The van der Waals surface area contributed by atoms with Crippen molar-refractivity contribution in [3.63, 3.8) is 0 Å². The second-order valence-electron chi connectivity index (χ2n) is 7.36. The van der Waals surface area contributed by atoms with Crippen LogP contribution in [0.5, 0.6) is 0 Å². The molecule has 1 heterocycles. The van der Waals surface area contributed by atoms with E-state index in [1.165, 1.54) is 12.1 Å². The number of hydrogen-bond acceptors (Lipinski definition) is 2. The second kappa shape index (κ2) is 6.75. The van der Waals surface area contributed by atoms with Crippen molar-refractivity contribution in [2.75, 3.05) is 6.54 Å². The first-order valence-electron chi connectivity index (χ1n) is 8.24. The summed E-state index contributed by atoms with van der Waals surface area (Å²) in [5.74, 6) is -0.0220. The van der Waals surface area contributed by atoms with E-state index in [2.05, 4.69) is 0 Å². The quantitative estimate of drug-likeness (QED) is 0.906. The molecule has 24 heavy (non-hydrogen) atoms. The monoisotopic (exact) mass is 342 g/mol. The van der Waals surface area contributed by atoms with Gasteiger partial charge in [0.05, 0.1) is 5.56 Å². The first-order chi connectivity index (χ1) is 11.0. The van der Waals surface area contributed by atoms with Gasteiger partial charge in [-0.15, -0.1) is 0 Å². The maximum absolute atomic E-state index is 12.9. The molecule has 1 aromatic rings. The van der Waals surface area contributed by atoms with E-state index >= 15 is 0 Å². The smallest absolute Gasteiger partial charge is 0.338 e. The minimum Gasteiger partial charge on any atom is -0.338 e. The van der Waals surface area contributed by atoms with E-state index in [-0.39, 0.29) is 18.5 Å². The van der Waals surface area contributed by atoms with Crippen molar-refractivity contribution in [1.29, 1.82) is 0 Å². The van der Waals surface area contributed by atoms with Gasteiger partial charge >= 0.3 is 6.18 Å². The van der Waals surface area contributed by atoms with Crippen LogP contribution in [0, 0.1) is 5.41 Å². The van der Waals surface area contributed by atoms with Crippen molar-refractivity contribution >= 4 is 5.91 Å². The van der Waals surface area contributed by atoms with E-state index < -0.39 is 17.2 Å². The second-order valence-corrected chi connectivity index (χ2v) is 7.36. The van der Waals surface area contributed by atoms with Gasteiger partial charge in [-0.25, -0.2) is 0 Å². The summed E-state index contributed by atoms with van der Waals surface area (Å²) in [7, 11) is 0. The SMILES string of the molecule is CC(N)CCC(C)(C)C(=O)N1CCc2ccc(C(F)(F)F)cc2C1. The van der Waals surface area contributed by atoms with Gasteiger partial charge in [0.1, 0.15) is 0 Å². The van der Waals surface area contributed by atoms with Crippen molar-refractivity contribution in [3.05, 3.63) is 34.9 Å². The normalized spacial score (nSPS) is 16.7. The molecule has 0 radical (unpaired) electrons. The summed E-state index contributed by atoms with van der Waals surface area (Å²) in [5.41, 5.74) is 6.02. The molecular weight excluding hydrogens is 317 g/mol. The molecule has 0 aromatic heterocycles. The molecule has 0 bridgehead atoms. The number of alkyl halides is 3. The van der Waals surface area contributed by atoms with Gasteiger partial charge in [0, 0.05) is 24.5 Å². The molecule has 0 spiro atoms. The largest absolute Gasteiger partial charge is 0.416 e. The van der Waals surface area contributed by atoms with Crippen molar-refractivity contribution in [3.8, 4) is 0 Å². The highest BCUT2D eigenvalue weighted by molar-refractivity contribution is 5.82. The molecule has 2 rings (SSSR count). The lowest BCUT2D eigenvalue weighted by Gasteiger charge is -2.35. The van der Waals surface area contributed by atoms with E-state index in [1.807, 2.05) is 20.8 Å². The fraction of sp³-hybridized carbons (Fsp3) is 0.611. The molecule has 2 N–H and O–H groups in total. The van der Waals surface area contributed by atoms with Crippen LogP contribution in [0.25, 0.3) is 0 Å². The fourth-order valence-electron chi connectivity index (χ4n) is 3.03. The number of nitrogens with two attached hydrogens (primary N) is 1. The Balaban J connectivity index is 2.15. The van der Waals surface area contributed by atoms with E-state index in [0.717, 1.165) is 18.1 Å². The Morgan fingerprint density at radius 1 is 1.29 bits per heavy atom. The fourth-order valence-corrected chi connectivity index (χ4v) is 3.03. The zero-order valence-electron chi connectivity index (χ0n) is 14.4. The van der Waals surface area contributed by atoms with E-state index in [4.69, 9.17) is 5.73 Å². The first-order valence-corrected chi connectivity index (χ1v) is 8.24. The van der Waals surface area contributed by atoms with Gasteiger partial charge in [0.15, 0.2) is 0 Å². The highest BCUT2D eigenvalue weighted by atomic mass is 19.4. The summed E-state index contributed by atoms with van der Waals surface area (Å²) in [6, 6.07) is 3.84. The van der Waals surface area contributed by atoms with Gasteiger partial charge in [-0.3, -0.25) is 4.79 Å². The third kappa shape index (κ3) is 4.29. The van der Waals surface area contributed by atoms with Gasteiger partial charge in [-0.1, -0.05) is 19.9 Å². The molecule has 3 nitrogen and oxygen atoms in total. The van der Waals surface area contributed by atoms with Crippen molar-refractivity contribution < 1.29 is 18.0 Å². The van der Waals surface area contributed by atoms with Crippen LogP contribution in [0.2, 0.25) is 0 Å². The van der Waals surface area contributed by atoms with Crippen molar-refractivity contribution in [2.24, 2.45) is 11.1 Å². The van der Waals surface area contributed by atoms with Crippen LogP contribution in [-0.4, -0.2) is 23.4 Å². The number of benzene rings is 1. The number of carbonyl (C=O) groups is 1. The summed E-state index contributed by atoms with van der Waals surface area (Å²) in [6.07, 6.45) is -2.38. The molecule has 1 aliphatic heterocycles. The van der Waals surface area contributed by atoms with Crippen LogP contribution in [0.15, 0.2) is 18.2 Å². The van der Waals surface area contributed by atoms with Crippen molar-refractivity contribution in [1.82, 2.24) is 4.90 Å². The number of fused-ring (bicyclic) bond motifs is 1. The summed E-state index contributed by atoms with van der Waals surface area (Å²) in [5, 5.41) is 0. The molecule has 0 aliphatic carbocycles. The Morgan fingerprint density at radius 2 is 1.96 bits per heavy atom. The molecule has 1 amide bonds. The third-order valence-electron chi connectivity index (χ3n) is 4.64. The summed E-state index contributed by atoms with van der Waals surface area (Å²) >= 11 is 0. The number of amides is 1. The van der Waals surface area contributed by atoms with Gasteiger partial charge in [0.2, 0.25) is 5.91 Å². The van der Waals surface area contributed by atoms with Gasteiger partial charge in [-0.2, -0.15) is 13.2 Å². The van der Waals surface area contributed by atoms with Gasteiger partial charge in [0.25, 0.3) is 0 Å². The van der Waals surface area contributed by atoms with Crippen LogP contribution in [0.1, 0.15) is 50.3 Å². The number of carbonyl (C=O) groups excluding carboxylic acids is 1. The molecule has 1 atom stereocenters. The Labute approximate surface area is 141 Å². The van der Waals surface area contributed by atoms with E-state index in [1.54, 1.807) is 4.90 Å².